The normalized spacial score (nSPS) is 16.8. The molecule has 2 atom stereocenters. The average Bonchev–Trinajstić information content (AvgIpc) is 3.23. The topological polar surface area (TPSA) is 79.8 Å². The van der Waals surface area contributed by atoms with Crippen LogP contribution in [0.1, 0.15) is 38.8 Å². The van der Waals surface area contributed by atoms with Crippen LogP contribution in [0.3, 0.4) is 0 Å². The molecule has 1 aromatic heterocycles. The largest absolute Gasteiger partial charge is 0.489 e. The molecule has 168 valence electrons. The highest BCUT2D eigenvalue weighted by molar-refractivity contribution is 5.73. The third kappa shape index (κ3) is 6.30. The van der Waals surface area contributed by atoms with Crippen LogP contribution in [0.15, 0.2) is 36.5 Å². The number of nitrogens with zero attached hydrogens (tertiary/aromatic N) is 4. The van der Waals surface area contributed by atoms with E-state index in [-0.39, 0.29) is 18.1 Å². The molecule has 1 N–H and O–H groups in total. The fraction of sp³-hybridized carbons (Fsp3) is 0.522. The van der Waals surface area contributed by atoms with Gasteiger partial charge in [0.05, 0.1) is 19.2 Å². The number of carbonyl (C=O) groups is 1. The highest BCUT2D eigenvalue weighted by Gasteiger charge is 2.25. The lowest BCUT2D eigenvalue weighted by Gasteiger charge is -2.23. The Kier molecular flexibility index (Phi) is 8.06. The minimum absolute atomic E-state index is 0.0212. The summed E-state index contributed by atoms with van der Waals surface area (Å²) in [5.74, 6) is 2.45. The summed E-state index contributed by atoms with van der Waals surface area (Å²) < 4.78 is 11.4. The lowest BCUT2D eigenvalue weighted by atomic mass is 10.1. The fourth-order valence-electron chi connectivity index (χ4n) is 3.72. The van der Waals surface area contributed by atoms with Crippen molar-refractivity contribution in [2.75, 3.05) is 49.7 Å². The third-order valence-corrected chi connectivity index (χ3v) is 5.43. The third-order valence-electron chi connectivity index (χ3n) is 5.43. The van der Waals surface area contributed by atoms with Gasteiger partial charge in [-0.25, -0.2) is 4.98 Å². The molecule has 0 spiro atoms. The maximum Gasteiger partial charge on any atom is 0.227 e. The van der Waals surface area contributed by atoms with Crippen molar-refractivity contribution >= 4 is 17.7 Å². The smallest absolute Gasteiger partial charge is 0.227 e. The second-order valence-electron chi connectivity index (χ2n) is 7.75. The first-order valence-electron chi connectivity index (χ1n) is 10.9. The van der Waals surface area contributed by atoms with Crippen molar-refractivity contribution in [3.63, 3.8) is 0 Å². The second kappa shape index (κ2) is 10.9. The molecule has 2 aromatic rings. The van der Waals surface area contributed by atoms with Crippen LogP contribution in [0, 0.1) is 0 Å². The van der Waals surface area contributed by atoms with Gasteiger partial charge in [0.2, 0.25) is 11.9 Å². The van der Waals surface area contributed by atoms with Crippen molar-refractivity contribution < 1.29 is 14.3 Å². The van der Waals surface area contributed by atoms with Gasteiger partial charge in [0, 0.05) is 46.3 Å². The molecule has 1 aliphatic heterocycles. The summed E-state index contributed by atoms with van der Waals surface area (Å²) in [6.45, 7) is 9.50. The zero-order valence-electron chi connectivity index (χ0n) is 18.9. The van der Waals surface area contributed by atoms with Crippen molar-refractivity contribution in [3.8, 4) is 5.75 Å². The van der Waals surface area contributed by atoms with Gasteiger partial charge in [0.15, 0.2) is 0 Å². The van der Waals surface area contributed by atoms with E-state index >= 15 is 0 Å². The number of amides is 1. The monoisotopic (exact) mass is 427 g/mol. The molecule has 8 nitrogen and oxygen atoms in total. The number of rotatable bonds is 10. The predicted molar refractivity (Wildman–Crippen MR) is 122 cm³/mol. The Bertz CT molecular complexity index is 845. The first-order valence-corrected chi connectivity index (χ1v) is 10.9. The van der Waals surface area contributed by atoms with Crippen LogP contribution < -0.4 is 19.9 Å². The summed E-state index contributed by atoms with van der Waals surface area (Å²) >= 11 is 0. The van der Waals surface area contributed by atoms with E-state index in [4.69, 9.17) is 14.5 Å². The standard InChI is InChI=1S/C23H33N5O3/c1-5-27(14-15-30-4)23-24-12-10-22(26-23)28-13-11-21(16-28)31-20-8-6-19(7-9-20)17(2)25-18(3)29/h6-10,12,17,21H,5,11,13-16H2,1-4H3,(H,25,29)/t17-,21+/m0/s1. The number of hydrogen-bond acceptors (Lipinski definition) is 7. The molecule has 8 heteroatoms. The summed E-state index contributed by atoms with van der Waals surface area (Å²) in [6, 6.07) is 9.86. The lowest BCUT2D eigenvalue weighted by molar-refractivity contribution is -0.119. The van der Waals surface area contributed by atoms with Crippen molar-refractivity contribution in [2.45, 2.75) is 39.3 Å². The van der Waals surface area contributed by atoms with Crippen LogP contribution in [0.25, 0.3) is 0 Å². The molecule has 3 rings (SSSR count). The van der Waals surface area contributed by atoms with Gasteiger partial charge in [-0.3, -0.25) is 4.79 Å². The van der Waals surface area contributed by atoms with Crippen LogP contribution >= 0.6 is 0 Å². The Morgan fingerprint density at radius 2 is 2.10 bits per heavy atom. The summed E-state index contributed by atoms with van der Waals surface area (Å²) in [5.41, 5.74) is 1.05. The van der Waals surface area contributed by atoms with Crippen LogP contribution in [-0.4, -0.2) is 61.9 Å². The number of nitrogens with one attached hydrogen (secondary N) is 1. The Morgan fingerprint density at radius 1 is 1.32 bits per heavy atom. The van der Waals surface area contributed by atoms with Crippen molar-refractivity contribution in [2.24, 2.45) is 0 Å². The van der Waals surface area contributed by atoms with Gasteiger partial charge in [0.25, 0.3) is 0 Å². The highest BCUT2D eigenvalue weighted by atomic mass is 16.5. The molecule has 1 aliphatic rings. The van der Waals surface area contributed by atoms with E-state index in [1.165, 1.54) is 6.92 Å². The van der Waals surface area contributed by atoms with E-state index in [1.807, 2.05) is 43.5 Å². The number of carbonyl (C=O) groups excluding carboxylic acids is 1. The fourth-order valence-corrected chi connectivity index (χ4v) is 3.72. The zero-order chi connectivity index (χ0) is 22.2. The molecular weight excluding hydrogens is 394 g/mol. The van der Waals surface area contributed by atoms with Gasteiger partial charge in [-0.2, -0.15) is 4.98 Å². The van der Waals surface area contributed by atoms with Gasteiger partial charge in [-0.15, -0.1) is 0 Å². The van der Waals surface area contributed by atoms with Crippen LogP contribution in [0.4, 0.5) is 11.8 Å². The molecule has 1 aromatic carbocycles. The molecular formula is C23H33N5O3. The highest BCUT2D eigenvalue weighted by Crippen LogP contribution is 2.24. The van der Waals surface area contributed by atoms with E-state index in [9.17, 15) is 4.79 Å². The van der Waals surface area contributed by atoms with Gasteiger partial charge >= 0.3 is 0 Å². The molecule has 1 fully saturated rings. The van der Waals surface area contributed by atoms with Crippen LogP contribution in [-0.2, 0) is 9.53 Å². The summed E-state index contributed by atoms with van der Waals surface area (Å²) in [7, 11) is 1.70. The Labute approximate surface area is 184 Å². The SMILES string of the molecule is CCN(CCOC)c1nccc(N2CC[C@@H](Oc3ccc([C@H](C)NC(C)=O)cc3)C2)n1. The molecule has 2 heterocycles. The van der Waals surface area contributed by atoms with Crippen LogP contribution in [0.5, 0.6) is 5.75 Å². The van der Waals surface area contributed by atoms with E-state index in [1.54, 1.807) is 7.11 Å². The van der Waals surface area contributed by atoms with Gasteiger partial charge in [-0.05, 0) is 37.6 Å². The summed E-state index contributed by atoms with van der Waals surface area (Å²) in [4.78, 5) is 24.8. The average molecular weight is 428 g/mol. The van der Waals surface area contributed by atoms with E-state index in [2.05, 4.69) is 27.0 Å². The Balaban J connectivity index is 1.58. The van der Waals surface area contributed by atoms with E-state index in [0.717, 1.165) is 55.7 Å². The van der Waals surface area contributed by atoms with Crippen molar-refractivity contribution in [1.29, 1.82) is 0 Å². The summed E-state index contributed by atoms with van der Waals surface area (Å²) in [6.07, 6.45) is 2.86. The number of methoxy groups -OCH3 is 1. The van der Waals surface area contributed by atoms with Gasteiger partial charge in [0.1, 0.15) is 17.7 Å². The molecule has 0 saturated carbocycles. The number of hydrogen-bond donors (Lipinski definition) is 1. The van der Waals surface area contributed by atoms with E-state index in [0.29, 0.717) is 6.61 Å². The van der Waals surface area contributed by atoms with Crippen molar-refractivity contribution in [1.82, 2.24) is 15.3 Å². The number of anilines is 2. The van der Waals surface area contributed by atoms with Gasteiger partial charge in [-0.1, -0.05) is 12.1 Å². The molecule has 1 amide bonds. The van der Waals surface area contributed by atoms with Gasteiger partial charge < -0.3 is 24.6 Å². The number of aromatic nitrogens is 2. The Morgan fingerprint density at radius 3 is 2.77 bits per heavy atom. The Hall–Kier alpha value is -2.87. The maximum atomic E-state index is 11.2. The first-order chi connectivity index (χ1) is 15.0. The molecule has 0 bridgehead atoms. The maximum absolute atomic E-state index is 11.2. The first kappa shape index (κ1) is 22.8. The van der Waals surface area contributed by atoms with Crippen molar-refractivity contribution in [3.05, 3.63) is 42.1 Å². The molecule has 0 unspecified atom stereocenters. The predicted octanol–water partition coefficient (Wildman–Crippen LogP) is 2.80. The van der Waals surface area contributed by atoms with E-state index < -0.39 is 0 Å². The zero-order valence-corrected chi connectivity index (χ0v) is 18.9. The molecule has 1 saturated heterocycles. The minimum atomic E-state index is -0.0347. The number of ether oxygens (including phenoxy) is 2. The lowest BCUT2D eigenvalue weighted by Crippen LogP contribution is -2.30. The quantitative estimate of drug-likeness (QED) is 0.624. The number of benzene rings is 1. The second-order valence-corrected chi connectivity index (χ2v) is 7.75. The molecule has 0 radical (unpaired) electrons. The minimum Gasteiger partial charge on any atom is -0.489 e. The number of likely N-dealkylation sites (N-methyl/N-ethyl adjacent to an activating group) is 1. The van der Waals surface area contributed by atoms with Crippen LogP contribution in [0.2, 0.25) is 0 Å². The summed E-state index contributed by atoms with van der Waals surface area (Å²) in [5, 5.41) is 2.89. The molecule has 31 heavy (non-hydrogen) atoms. The molecule has 0 aliphatic carbocycles.